The summed E-state index contributed by atoms with van der Waals surface area (Å²) >= 11 is 5.84. The summed E-state index contributed by atoms with van der Waals surface area (Å²) in [4.78, 5) is 0. The van der Waals surface area contributed by atoms with E-state index in [0.29, 0.717) is 5.56 Å². The number of rotatable bonds is 3. The number of hydrogen-bond donors (Lipinski definition) is 1. The average molecular weight is 223 g/mol. The monoisotopic (exact) mass is 222 g/mol. The summed E-state index contributed by atoms with van der Waals surface area (Å²) in [5.41, 5.74) is 0.264. The smallest absolute Gasteiger partial charge is 0.131 e. The molecule has 78 valence electrons. The van der Waals surface area contributed by atoms with Gasteiger partial charge in [-0.25, -0.2) is 0 Å². The van der Waals surface area contributed by atoms with Crippen LogP contribution in [0.5, 0.6) is 0 Å². The standard InChI is InChI=1S/C12H11ClO2/c13-9-12(14,11-6-7-15-8-11)10-4-2-1-3-5-10/h1-8,14H,9H2. The molecule has 1 heterocycles. The molecule has 0 saturated carbocycles. The van der Waals surface area contributed by atoms with E-state index < -0.39 is 5.60 Å². The number of hydrogen-bond acceptors (Lipinski definition) is 2. The quantitative estimate of drug-likeness (QED) is 0.811. The Morgan fingerprint density at radius 1 is 1.13 bits per heavy atom. The van der Waals surface area contributed by atoms with Crippen LogP contribution >= 0.6 is 11.6 Å². The number of alkyl halides is 1. The summed E-state index contributed by atoms with van der Waals surface area (Å²) in [6.45, 7) is 0. The van der Waals surface area contributed by atoms with Crippen molar-refractivity contribution in [2.45, 2.75) is 5.60 Å². The van der Waals surface area contributed by atoms with Crippen LogP contribution in [0, 0.1) is 0 Å². The molecule has 0 amide bonds. The number of halogens is 1. The first kappa shape index (κ1) is 10.3. The average Bonchev–Trinajstić information content (AvgIpc) is 2.83. The highest BCUT2D eigenvalue weighted by Crippen LogP contribution is 2.30. The number of aliphatic hydroxyl groups is 1. The van der Waals surface area contributed by atoms with E-state index in [1.54, 1.807) is 6.07 Å². The molecule has 0 fully saturated rings. The molecule has 2 rings (SSSR count). The second-order valence-electron chi connectivity index (χ2n) is 3.37. The molecule has 1 aromatic carbocycles. The molecule has 0 aliphatic carbocycles. The highest BCUT2D eigenvalue weighted by atomic mass is 35.5. The Kier molecular flexibility index (Phi) is 2.80. The maximum Gasteiger partial charge on any atom is 0.131 e. The van der Waals surface area contributed by atoms with Gasteiger partial charge in [-0.05, 0) is 11.6 Å². The minimum absolute atomic E-state index is 0.0938. The Balaban J connectivity index is 2.47. The van der Waals surface area contributed by atoms with E-state index in [2.05, 4.69) is 0 Å². The van der Waals surface area contributed by atoms with Crippen LogP contribution in [-0.4, -0.2) is 11.0 Å². The van der Waals surface area contributed by atoms with E-state index in [4.69, 9.17) is 16.0 Å². The fraction of sp³-hybridized carbons (Fsp3) is 0.167. The van der Waals surface area contributed by atoms with E-state index in [9.17, 15) is 5.11 Å². The van der Waals surface area contributed by atoms with Crippen LogP contribution in [0.25, 0.3) is 0 Å². The topological polar surface area (TPSA) is 33.4 Å². The van der Waals surface area contributed by atoms with E-state index >= 15 is 0 Å². The van der Waals surface area contributed by atoms with Crippen molar-refractivity contribution in [3.8, 4) is 0 Å². The molecule has 1 N–H and O–H groups in total. The molecule has 1 atom stereocenters. The van der Waals surface area contributed by atoms with E-state index in [1.165, 1.54) is 12.5 Å². The molecule has 2 aromatic rings. The molecule has 0 bridgehead atoms. The van der Waals surface area contributed by atoms with Crippen molar-refractivity contribution in [2.24, 2.45) is 0 Å². The molecular weight excluding hydrogens is 212 g/mol. The lowest BCUT2D eigenvalue weighted by molar-refractivity contribution is 0.105. The van der Waals surface area contributed by atoms with Crippen molar-refractivity contribution < 1.29 is 9.52 Å². The first-order chi connectivity index (χ1) is 7.27. The summed E-state index contributed by atoms with van der Waals surface area (Å²) in [7, 11) is 0. The van der Waals surface area contributed by atoms with Gasteiger partial charge in [0, 0.05) is 5.56 Å². The summed E-state index contributed by atoms with van der Waals surface area (Å²) in [5.74, 6) is 0.0938. The van der Waals surface area contributed by atoms with E-state index in [1.807, 2.05) is 30.3 Å². The van der Waals surface area contributed by atoms with Crippen LogP contribution in [-0.2, 0) is 5.60 Å². The van der Waals surface area contributed by atoms with Crippen LogP contribution in [0.3, 0.4) is 0 Å². The molecular formula is C12H11ClO2. The Morgan fingerprint density at radius 3 is 2.40 bits per heavy atom. The third kappa shape index (κ3) is 1.78. The number of benzene rings is 1. The van der Waals surface area contributed by atoms with Crippen LogP contribution in [0.15, 0.2) is 53.3 Å². The van der Waals surface area contributed by atoms with Crippen molar-refractivity contribution >= 4 is 11.6 Å². The van der Waals surface area contributed by atoms with Gasteiger partial charge in [-0.15, -0.1) is 11.6 Å². The second-order valence-corrected chi connectivity index (χ2v) is 3.64. The third-order valence-electron chi connectivity index (χ3n) is 2.44. The van der Waals surface area contributed by atoms with Crippen LogP contribution in [0.1, 0.15) is 11.1 Å². The fourth-order valence-electron chi connectivity index (χ4n) is 1.53. The van der Waals surface area contributed by atoms with E-state index in [0.717, 1.165) is 5.56 Å². The van der Waals surface area contributed by atoms with Crippen molar-refractivity contribution in [2.75, 3.05) is 5.88 Å². The van der Waals surface area contributed by atoms with Crippen molar-refractivity contribution in [3.05, 3.63) is 60.1 Å². The zero-order chi connectivity index (χ0) is 10.7. The van der Waals surface area contributed by atoms with Gasteiger partial charge in [-0.2, -0.15) is 0 Å². The third-order valence-corrected chi connectivity index (χ3v) is 2.83. The van der Waals surface area contributed by atoms with Gasteiger partial charge < -0.3 is 9.52 Å². The van der Waals surface area contributed by atoms with Crippen molar-refractivity contribution in [3.63, 3.8) is 0 Å². The normalized spacial score (nSPS) is 14.8. The molecule has 3 heteroatoms. The Labute approximate surface area is 93.1 Å². The molecule has 15 heavy (non-hydrogen) atoms. The zero-order valence-corrected chi connectivity index (χ0v) is 8.82. The first-order valence-corrected chi connectivity index (χ1v) is 5.17. The van der Waals surface area contributed by atoms with Crippen LogP contribution < -0.4 is 0 Å². The van der Waals surface area contributed by atoms with Gasteiger partial charge in [0.05, 0.1) is 18.4 Å². The lowest BCUT2D eigenvalue weighted by Gasteiger charge is -2.24. The van der Waals surface area contributed by atoms with Crippen LogP contribution in [0.4, 0.5) is 0 Å². The van der Waals surface area contributed by atoms with Gasteiger partial charge in [0.25, 0.3) is 0 Å². The number of furan rings is 1. The SMILES string of the molecule is OC(CCl)(c1ccccc1)c1ccoc1. The fourth-order valence-corrected chi connectivity index (χ4v) is 1.84. The van der Waals surface area contributed by atoms with Crippen molar-refractivity contribution in [1.29, 1.82) is 0 Å². The molecule has 0 radical (unpaired) electrons. The van der Waals surface area contributed by atoms with Gasteiger partial charge in [0.1, 0.15) is 5.60 Å². The summed E-state index contributed by atoms with van der Waals surface area (Å²) in [6, 6.07) is 11.0. The van der Waals surface area contributed by atoms with Crippen molar-refractivity contribution in [1.82, 2.24) is 0 Å². The maximum absolute atomic E-state index is 10.5. The van der Waals surface area contributed by atoms with Gasteiger partial charge in [0.2, 0.25) is 0 Å². The Hall–Kier alpha value is -1.25. The lowest BCUT2D eigenvalue weighted by atomic mass is 9.90. The van der Waals surface area contributed by atoms with Crippen LogP contribution in [0.2, 0.25) is 0 Å². The maximum atomic E-state index is 10.5. The lowest BCUT2D eigenvalue weighted by Crippen LogP contribution is -2.28. The highest BCUT2D eigenvalue weighted by molar-refractivity contribution is 6.18. The molecule has 0 aliphatic rings. The molecule has 0 spiro atoms. The van der Waals surface area contributed by atoms with E-state index in [-0.39, 0.29) is 5.88 Å². The summed E-state index contributed by atoms with van der Waals surface area (Å²) in [5, 5.41) is 10.5. The molecule has 2 nitrogen and oxygen atoms in total. The van der Waals surface area contributed by atoms with Gasteiger partial charge in [-0.1, -0.05) is 30.3 Å². The van der Waals surface area contributed by atoms with Gasteiger partial charge in [0.15, 0.2) is 0 Å². The molecule has 0 aliphatic heterocycles. The van der Waals surface area contributed by atoms with Gasteiger partial charge in [-0.3, -0.25) is 0 Å². The minimum atomic E-state index is -1.17. The molecule has 1 unspecified atom stereocenters. The van der Waals surface area contributed by atoms with Gasteiger partial charge >= 0.3 is 0 Å². The second kappa shape index (κ2) is 4.09. The highest BCUT2D eigenvalue weighted by Gasteiger charge is 2.31. The zero-order valence-electron chi connectivity index (χ0n) is 8.06. The summed E-state index contributed by atoms with van der Waals surface area (Å²) in [6.07, 6.45) is 3.03. The molecule has 1 aromatic heterocycles. The molecule has 0 saturated heterocycles. The predicted octanol–water partition coefficient (Wildman–Crippen LogP) is 2.75. The Morgan fingerprint density at radius 2 is 1.87 bits per heavy atom. The minimum Gasteiger partial charge on any atom is -0.472 e. The first-order valence-electron chi connectivity index (χ1n) is 4.64. The Bertz CT molecular complexity index is 410. The predicted molar refractivity (Wildman–Crippen MR) is 58.9 cm³/mol. The largest absolute Gasteiger partial charge is 0.472 e. The summed E-state index contributed by atoms with van der Waals surface area (Å²) < 4.78 is 4.97.